The van der Waals surface area contributed by atoms with Gasteiger partial charge in [0.15, 0.2) is 0 Å². The minimum absolute atomic E-state index is 0.170. The molecular formula is C61H42N2O. The van der Waals surface area contributed by atoms with Gasteiger partial charge < -0.3 is 14.2 Å². The fourth-order valence-corrected chi connectivity index (χ4v) is 9.94. The van der Waals surface area contributed by atoms with Crippen LogP contribution in [0.2, 0.25) is 0 Å². The summed E-state index contributed by atoms with van der Waals surface area (Å²) in [7, 11) is 0. The number of nitrogens with zero attached hydrogens (tertiary/aromatic N) is 2. The van der Waals surface area contributed by atoms with Crippen LogP contribution < -0.4 is 9.80 Å². The number of rotatable bonds is 9. The van der Waals surface area contributed by atoms with E-state index in [1.54, 1.807) is 0 Å². The summed E-state index contributed by atoms with van der Waals surface area (Å²) in [6, 6.07) is 74.5. The minimum atomic E-state index is -1.44. The molecular weight excluding hydrogens is 777 g/mol. The first-order valence-corrected chi connectivity index (χ1v) is 21.5. The normalized spacial score (nSPS) is 15.1. The molecule has 64 heavy (non-hydrogen) atoms. The Morgan fingerprint density at radius 1 is 0.375 bits per heavy atom. The zero-order chi connectivity index (χ0) is 46.8. The molecule has 1 aromatic heterocycles. The highest BCUT2D eigenvalue weighted by atomic mass is 16.3. The first-order valence-electron chi connectivity index (χ1n) is 24.0. The van der Waals surface area contributed by atoms with Crippen LogP contribution in [-0.4, -0.2) is 0 Å². The lowest BCUT2D eigenvalue weighted by molar-refractivity contribution is 0.667. The summed E-state index contributed by atoms with van der Waals surface area (Å²) in [5.74, 6) is 0. The second kappa shape index (κ2) is 15.5. The fourth-order valence-electron chi connectivity index (χ4n) is 9.94. The summed E-state index contributed by atoms with van der Waals surface area (Å²) in [5, 5.41) is 1.68. The van der Waals surface area contributed by atoms with Gasteiger partial charge >= 0.3 is 0 Å². The van der Waals surface area contributed by atoms with Crippen molar-refractivity contribution in [2.75, 3.05) is 9.80 Å². The summed E-state index contributed by atoms with van der Waals surface area (Å²) < 4.78 is 53.5. The summed E-state index contributed by atoms with van der Waals surface area (Å²) in [6.45, 7) is 0. The van der Waals surface area contributed by atoms with Gasteiger partial charge in [0, 0.05) is 44.8 Å². The van der Waals surface area contributed by atoms with E-state index in [0.29, 0.717) is 11.2 Å². The summed E-state index contributed by atoms with van der Waals surface area (Å²) >= 11 is 0. The van der Waals surface area contributed by atoms with Crippen LogP contribution in [0.3, 0.4) is 0 Å². The first kappa shape index (κ1) is 32.3. The lowest BCUT2D eigenvalue weighted by Gasteiger charge is -2.35. The Morgan fingerprint density at radius 2 is 0.891 bits per heavy atom. The van der Waals surface area contributed by atoms with Gasteiger partial charge in [-0.05, 0) is 118 Å². The molecule has 0 saturated heterocycles. The molecule has 0 radical (unpaired) electrons. The van der Waals surface area contributed by atoms with Gasteiger partial charge in [-0.3, -0.25) is 0 Å². The van der Waals surface area contributed by atoms with Crippen molar-refractivity contribution in [3.05, 3.63) is 277 Å². The Bertz CT molecular complexity index is 3680. The summed E-state index contributed by atoms with van der Waals surface area (Å²) in [5.41, 5.74) is 11.9. The number of anilines is 6. The van der Waals surface area contributed by atoms with Gasteiger partial charge in [-0.25, -0.2) is 0 Å². The van der Waals surface area contributed by atoms with Crippen molar-refractivity contribution < 1.29 is 11.3 Å². The third-order valence-corrected chi connectivity index (χ3v) is 12.6. The molecule has 0 amide bonds. The van der Waals surface area contributed by atoms with E-state index in [4.69, 9.17) is 5.79 Å². The molecule has 302 valence electrons. The molecule has 3 nitrogen and oxygen atoms in total. The van der Waals surface area contributed by atoms with Crippen molar-refractivity contribution >= 4 is 56.1 Å². The predicted molar refractivity (Wildman–Crippen MR) is 266 cm³/mol. The highest BCUT2D eigenvalue weighted by Crippen LogP contribution is 2.60. The lowest BCUT2D eigenvalue weighted by Crippen LogP contribution is -2.29. The van der Waals surface area contributed by atoms with E-state index in [2.05, 4.69) is 131 Å². The maximum atomic E-state index is 9.85. The van der Waals surface area contributed by atoms with Crippen molar-refractivity contribution in [1.82, 2.24) is 0 Å². The number of benzene rings is 10. The molecule has 11 aromatic rings. The number of para-hydroxylation sites is 5. The van der Waals surface area contributed by atoms with E-state index in [-0.39, 0.29) is 17.6 Å². The Labute approximate surface area is 380 Å². The van der Waals surface area contributed by atoms with E-state index in [0.717, 1.165) is 83.8 Å². The number of hydrogen-bond acceptors (Lipinski definition) is 3. The SMILES string of the molecule is [2H]c1c([2H])c([2H])c(C2(c3cccc4oc5ccccc5c34)c3ccc(N(c4ccccc4)c4ccccc4)cc3-c3cc(N(c4ccccc4)c4ccccc4-c4ccccc4)ccc32)c([2H])c1[2H]. The molecule has 12 rings (SSSR count). The highest BCUT2D eigenvalue weighted by molar-refractivity contribution is 6.09. The zero-order valence-electron chi connectivity index (χ0n) is 39.7. The maximum Gasteiger partial charge on any atom is 0.135 e. The van der Waals surface area contributed by atoms with E-state index in [1.807, 2.05) is 103 Å². The van der Waals surface area contributed by atoms with Crippen LogP contribution in [-0.2, 0) is 5.41 Å². The standard InChI is InChI=1S/C61H42N2O/c1-6-21-43(22-7-1)50-31-16-18-34-57(50)63(47-29-14-5-15-30-47)49-38-40-55-53(42-49)52-41-48(62(45-25-10-3-11-26-45)46-27-12-4-13-28-46)37-39-54(52)61(55,44-23-8-2-9-24-44)56-33-20-36-59-60(56)51-32-17-19-35-58(51)64-59/h1-42H/i2D,8D,9D,23D,24D. The van der Waals surface area contributed by atoms with Crippen LogP contribution >= 0.6 is 0 Å². The summed E-state index contributed by atoms with van der Waals surface area (Å²) in [4.78, 5) is 4.51. The van der Waals surface area contributed by atoms with Crippen LogP contribution in [0.15, 0.2) is 259 Å². The van der Waals surface area contributed by atoms with E-state index in [1.165, 1.54) is 0 Å². The van der Waals surface area contributed by atoms with Gasteiger partial charge in [-0.1, -0.05) is 176 Å². The molecule has 0 fully saturated rings. The van der Waals surface area contributed by atoms with E-state index in [9.17, 15) is 5.48 Å². The van der Waals surface area contributed by atoms with Gasteiger partial charge in [0.1, 0.15) is 11.2 Å². The third kappa shape index (κ3) is 5.97. The topological polar surface area (TPSA) is 19.6 Å². The highest BCUT2D eigenvalue weighted by Gasteiger charge is 2.48. The number of furan rings is 1. The molecule has 0 saturated carbocycles. The van der Waals surface area contributed by atoms with Crippen LogP contribution in [0.25, 0.3) is 44.2 Å². The molecule has 0 N–H and O–H groups in total. The Kier molecular flexibility index (Phi) is 7.83. The minimum Gasteiger partial charge on any atom is -0.456 e. The lowest BCUT2D eigenvalue weighted by atomic mass is 9.66. The molecule has 1 unspecified atom stereocenters. The van der Waals surface area contributed by atoms with Crippen molar-refractivity contribution in [2.45, 2.75) is 5.41 Å². The monoisotopic (exact) mass is 823 g/mol. The van der Waals surface area contributed by atoms with Crippen LogP contribution in [0.1, 0.15) is 29.1 Å². The molecule has 10 aromatic carbocycles. The molecule has 3 heteroatoms. The molecule has 1 atom stereocenters. The predicted octanol–water partition coefficient (Wildman–Crippen LogP) is 16.6. The Morgan fingerprint density at radius 3 is 1.53 bits per heavy atom. The fraction of sp³-hybridized carbons (Fsp3) is 0.0164. The van der Waals surface area contributed by atoms with Gasteiger partial charge in [-0.15, -0.1) is 0 Å². The average molecular weight is 824 g/mol. The maximum absolute atomic E-state index is 9.85. The average Bonchev–Trinajstić information content (AvgIpc) is 3.93. The van der Waals surface area contributed by atoms with Crippen LogP contribution in [0.4, 0.5) is 34.1 Å². The van der Waals surface area contributed by atoms with E-state index < -0.39 is 23.5 Å². The van der Waals surface area contributed by atoms with Crippen molar-refractivity contribution in [1.29, 1.82) is 0 Å². The zero-order valence-corrected chi connectivity index (χ0v) is 34.7. The largest absolute Gasteiger partial charge is 0.456 e. The summed E-state index contributed by atoms with van der Waals surface area (Å²) in [6.07, 6.45) is 0. The molecule has 1 heterocycles. The molecule has 0 spiro atoms. The van der Waals surface area contributed by atoms with Crippen molar-refractivity contribution in [3.63, 3.8) is 0 Å². The van der Waals surface area contributed by atoms with Gasteiger partial charge in [0.05, 0.1) is 18.0 Å². The van der Waals surface area contributed by atoms with Crippen LogP contribution in [0, 0.1) is 0 Å². The number of hydrogen-bond donors (Lipinski definition) is 0. The van der Waals surface area contributed by atoms with Gasteiger partial charge in [0.25, 0.3) is 0 Å². The molecule has 1 aliphatic rings. The smallest absolute Gasteiger partial charge is 0.135 e. The second-order valence-corrected chi connectivity index (χ2v) is 16.0. The second-order valence-electron chi connectivity index (χ2n) is 16.0. The van der Waals surface area contributed by atoms with E-state index >= 15 is 0 Å². The molecule has 0 aliphatic heterocycles. The third-order valence-electron chi connectivity index (χ3n) is 12.6. The molecule has 0 bridgehead atoms. The molecule has 1 aliphatic carbocycles. The quantitative estimate of drug-likeness (QED) is 0.145. The Balaban J connectivity index is 1.23. The Hall–Kier alpha value is -8.40. The van der Waals surface area contributed by atoms with Crippen molar-refractivity contribution in [3.8, 4) is 22.3 Å². The first-order chi connectivity index (χ1) is 33.8. The van der Waals surface area contributed by atoms with Crippen LogP contribution in [0.5, 0.6) is 0 Å². The van der Waals surface area contributed by atoms with Crippen molar-refractivity contribution in [2.24, 2.45) is 0 Å². The van der Waals surface area contributed by atoms with Gasteiger partial charge in [0.2, 0.25) is 0 Å². The van der Waals surface area contributed by atoms with Gasteiger partial charge in [-0.2, -0.15) is 0 Å². The number of fused-ring (bicyclic) bond motifs is 6.